The minimum absolute atomic E-state index is 0.0202. The van der Waals surface area contributed by atoms with E-state index in [1.165, 1.54) is 23.1 Å². The second kappa shape index (κ2) is 19.0. The van der Waals surface area contributed by atoms with Gasteiger partial charge in [0.05, 0.1) is 5.69 Å². The number of piperidine rings is 1. The molecular formula is C39H48ClFN6O5. The first-order valence-corrected chi connectivity index (χ1v) is 17.9. The Morgan fingerprint density at radius 3 is 2.13 bits per heavy atom. The first-order chi connectivity index (χ1) is 24.8. The van der Waals surface area contributed by atoms with Crippen molar-refractivity contribution in [2.45, 2.75) is 83.5 Å². The van der Waals surface area contributed by atoms with Crippen molar-refractivity contribution in [3.8, 4) is 0 Å². The fraction of sp³-hybridized carbons (Fsp3) is 0.410. The first-order valence-electron chi connectivity index (χ1n) is 17.6. The third kappa shape index (κ3) is 12.7. The van der Waals surface area contributed by atoms with E-state index in [0.29, 0.717) is 29.8 Å². The van der Waals surface area contributed by atoms with Gasteiger partial charge in [0.25, 0.3) is 0 Å². The maximum atomic E-state index is 14.1. The predicted octanol–water partition coefficient (Wildman–Crippen LogP) is 5.34. The molecule has 4 rings (SSSR count). The van der Waals surface area contributed by atoms with Gasteiger partial charge in [-0.15, -0.1) is 0 Å². The highest BCUT2D eigenvalue weighted by atomic mass is 35.5. The van der Waals surface area contributed by atoms with Gasteiger partial charge in [-0.3, -0.25) is 19.2 Å². The van der Waals surface area contributed by atoms with Crippen molar-refractivity contribution in [2.75, 3.05) is 18.4 Å². The lowest BCUT2D eigenvalue weighted by molar-refractivity contribution is -0.130. The lowest BCUT2D eigenvalue weighted by Crippen LogP contribution is -2.56. The summed E-state index contributed by atoms with van der Waals surface area (Å²) in [5.74, 6) is -2.62. The van der Waals surface area contributed by atoms with E-state index in [1.54, 1.807) is 24.3 Å². The van der Waals surface area contributed by atoms with Gasteiger partial charge in [-0.05, 0) is 82.2 Å². The number of urea groups is 1. The summed E-state index contributed by atoms with van der Waals surface area (Å²) in [6, 6.07) is 20.0. The molecule has 52 heavy (non-hydrogen) atoms. The zero-order chi connectivity index (χ0) is 37.7. The number of benzene rings is 3. The minimum Gasteiger partial charge on any atom is -0.352 e. The Kier molecular flexibility index (Phi) is 14.6. The van der Waals surface area contributed by atoms with Gasteiger partial charge in [0.2, 0.25) is 23.6 Å². The van der Waals surface area contributed by atoms with Gasteiger partial charge in [-0.25, -0.2) is 9.18 Å². The van der Waals surface area contributed by atoms with Crippen LogP contribution in [0.5, 0.6) is 0 Å². The van der Waals surface area contributed by atoms with Gasteiger partial charge in [0.15, 0.2) is 0 Å². The highest BCUT2D eigenvalue weighted by Gasteiger charge is 2.32. The van der Waals surface area contributed by atoms with E-state index < -0.39 is 47.2 Å². The SMILES string of the molecule is CC(C)(C)NC(=O)CC[C@H](NC(=O)N1CCC(C(=O)Nc2ccccc2F)CC1)C(=O)N[C@@H](CCc1ccccc1)C(=O)NCc1ccccc1Cl. The number of nitrogens with one attached hydrogen (secondary N) is 5. The summed E-state index contributed by atoms with van der Waals surface area (Å²) in [4.78, 5) is 68.0. The van der Waals surface area contributed by atoms with Crippen molar-refractivity contribution in [1.29, 1.82) is 0 Å². The molecule has 0 radical (unpaired) electrons. The molecule has 0 aromatic heterocycles. The van der Waals surface area contributed by atoms with Gasteiger partial charge in [0, 0.05) is 42.5 Å². The van der Waals surface area contributed by atoms with E-state index in [9.17, 15) is 28.4 Å². The third-order valence-electron chi connectivity index (χ3n) is 8.68. The Morgan fingerprint density at radius 1 is 0.827 bits per heavy atom. The third-order valence-corrected chi connectivity index (χ3v) is 9.05. The van der Waals surface area contributed by atoms with Crippen LogP contribution in [0, 0.1) is 11.7 Å². The number of nitrogens with zero attached hydrogens (tertiary/aromatic N) is 1. The Bertz CT molecular complexity index is 1690. The van der Waals surface area contributed by atoms with Crippen molar-refractivity contribution in [3.63, 3.8) is 0 Å². The summed E-state index contributed by atoms with van der Waals surface area (Å²) < 4.78 is 14.1. The van der Waals surface area contributed by atoms with E-state index in [2.05, 4.69) is 26.6 Å². The summed E-state index contributed by atoms with van der Waals surface area (Å²) in [6.45, 7) is 6.13. The molecule has 6 amide bonds. The molecule has 278 valence electrons. The van der Waals surface area contributed by atoms with Crippen LogP contribution in [0.2, 0.25) is 5.02 Å². The second-order valence-corrected chi connectivity index (χ2v) is 14.4. The Morgan fingerprint density at radius 2 is 1.46 bits per heavy atom. The fourth-order valence-electron chi connectivity index (χ4n) is 5.85. The van der Waals surface area contributed by atoms with Crippen molar-refractivity contribution in [1.82, 2.24) is 26.2 Å². The van der Waals surface area contributed by atoms with E-state index >= 15 is 0 Å². The molecule has 3 aromatic carbocycles. The Balaban J connectivity index is 1.43. The minimum atomic E-state index is -1.14. The average molecular weight is 735 g/mol. The number of hydrogen-bond donors (Lipinski definition) is 5. The zero-order valence-electron chi connectivity index (χ0n) is 29.8. The molecule has 0 saturated carbocycles. The van der Waals surface area contributed by atoms with Crippen LogP contribution in [0.1, 0.15) is 64.0 Å². The van der Waals surface area contributed by atoms with E-state index in [4.69, 9.17) is 11.6 Å². The quantitative estimate of drug-likeness (QED) is 0.152. The number of likely N-dealkylation sites (tertiary alicyclic amines) is 1. The first kappa shape index (κ1) is 39.8. The number of anilines is 1. The van der Waals surface area contributed by atoms with Gasteiger partial charge in [-0.2, -0.15) is 0 Å². The molecule has 0 aliphatic carbocycles. The predicted molar refractivity (Wildman–Crippen MR) is 199 cm³/mol. The van der Waals surface area contributed by atoms with Crippen molar-refractivity contribution in [2.24, 2.45) is 5.92 Å². The summed E-state index contributed by atoms with van der Waals surface area (Å²) in [5, 5.41) is 14.5. The van der Waals surface area contributed by atoms with E-state index in [1.807, 2.05) is 57.2 Å². The number of rotatable bonds is 14. The number of para-hydroxylation sites is 1. The van der Waals surface area contributed by atoms with Crippen LogP contribution in [0.25, 0.3) is 0 Å². The molecule has 3 aromatic rings. The average Bonchev–Trinajstić information content (AvgIpc) is 3.11. The molecular weight excluding hydrogens is 687 g/mol. The van der Waals surface area contributed by atoms with Crippen LogP contribution < -0.4 is 26.6 Å². The highest BCUT2D eigenvalue weighted by Crippen LogP contribution is 2.21. The van der Waals surface area contributed by atoms with Crippen LogP contribution in [-0.2, 0) is 32.1 Å². The number of hydrogen-bond acceptors (Lipinski definition) is 5. The van der Waals surface area contributed by atoms with Crippen LogP contribution in [0.4, 0.5) is 14.9 Å². The van der Waals surface area contributed by atoms with Gasteiger partial charge < -0.3 is 31.5 Å². The largest absolute Gasteiger partial charge is 0.352 e. The highest BCUT2D eigenvalue weighted by molar-refractivity contribution is 6.31. The fourth-order valence-corrected chi connectivity index (χ4v) is 6.05. The normalized spacial score (nSPS) is 14.4. The number of halogens is 2. The number of carbonyl (C=O) groups is 5. The van der Waals surface area contributed by atoms with Crippen molar-refractivity contribution in [3.05, 3.63) is 101 Å². The van der Waals surface area contributed by atoms with Crippen LogP contribution in [0.15, 0.2) is 78.9 Å². The standard InChI is InChI=1S/C39H48ClFN6O5/c1-39(2,3)46-34(48)20-19-33(45-38(52)47-23-21-27(22-24-47)35(49)43-31-16-10-9-15-30(31)41)37(51)44-32(18-17-26-11-5-4-6-12-26)36(50)42-25-28-13-7-8-14-29(28)40/h4-16,27,32-33H,17-25H2,1-3H3,(H,42,50)(H,43,49)(H,44,51)(H,45,52)(H,46,48)/t32-,33-/m0/s1. The maximum Gasteiger partial charge on any atom is 0.318 e. The number of carbonyl (C=O) groups excluding carboxylic acids is 5. The lowest BCUT2D eigenvalue weighted by Gasteiger charge is -2.33. The molecule has 1 saturated heterocycles. The van der Waals surface area contributed by atoms with Gasteiger partial charge >= 0.3 is 6.03 Å². The lowest BCUT2D eigenvalue weighted by atomic mass is 9.96. The van der Waals surface area contributed by atoms with E-state index in [0.717, 1.165) is 5.56 Å². The molecule has 0 unspecified atom stereocenters. The molecule has 1 fully saturated rings. The zero-order valence-corrected chi connectivity index (χ0v) is 30.6. The monoisotopic (exact) mass is 734 g/mol. The summed E-state index contributed by atoms with van der Waals surface area (Å²) in [6.07, 6.45) is 1.37. The Hall–Kier alpha value is -4.97. The molecule has 5 N–H and O–H groups in total. The molecule has 1 heterocycles. The molecule has 0 spiro atoms. The van der Waals surface area contributed by atoms with Gasteiger partial charge in [-0.1, -0.05) is 72.3 Å². The number of aryl methyl sites for hydroxylation is 1. The topological polar surface area (TPSA) is 149 Å². The summed E-state index contributed by atoms with van der Waals surface area (Å²) >= 11 is 6.30. The molecule has 2 atom stereocenters. The molecule has 1 aliphatic rings. The molecule has 1 aliphatic heterocycles. The maximum absolute atomic E-state index is 14.1. The van der Waals surface area contributed by atoms with Crippen molar-refractivity contribution >= 4 is 46.9 Å². The summed E-state index contributed by atoms with van der Waals surface area (Å²) in [7, 11) is 0. The summed E-state index contributed by atoms with van der Waals surface area (Å²) in [5.41, 5.74) is 1.30. The Labute approximate surface area is 309 Å². The van der Waals surface area contributed by atoms with Gasteiger partial charge in [0.1, 0.15) is 17.9 Å². The van der Waals surface area contributed by atoms with Crippen LogP contribution in [0.3, 0.4) is 0 Å². The smallest absolute Gasteiger partial charge is 0.318 e. The molecule has 11 nitrogen and oxygen atoms in total. The van der Waals surface area contributed by atoms with E-state index in [-0.39, 0.29) is 56.4 Å². The number of amides is 6. The molecule has 13 heteroatoms. The molecule has 0 bridgehead atoms. The van der Waals surface area contributed by atoms with Crippen LogP contribution in [-0.4, -0.2) is 65.3 Å². The van der Waals surface area contributed by atoms with Crippen LogP contribution >= 0.6 is 11.6 Å². The second-order valence-electron chi connectivity index (χ2n) is 14.0. The van der Waals surface area contributed by atoms with Crippen molar-refractivity contribution < 1.29 is 28.4 Å².